The first kappa shape index (κ1) is 24.7. The topological polar surface area (TPSA) is 99.0 Å². The number of fused-ring (bicyclic) bond motifs is 4. The van der Waals surface area contributed by atoms with E-state index < -0.39 is 5.25 Å². The first-order valence-corrected chi connectivity index (χ1v) is 14.2. The van der Waals surface area contributed by atoms with E-state index in [1.54, 1.807) is 6.92 Å². The van der Waals surface area contributed by atoms with Crippen molar-refractivity contribution in [3.05, 3.63) is 40.3 Å². The maximum absolute atomic E-state index is 13.4. The largest absolute Gasteiger partial charge is 0.462 e. The summed E-state index contributed by atoms with van der Waals surface area (Å²) in [5.41, 5.74) is 4.15. The van der Waals surface area contributed by atoms with E-state index in [2.05, 4.69) is 33.1 Å². The first-order chi connectivity index (χ1) is 17.5. The van der Waals surface area contributed by atoms with Crippen molar-refractivity contribution in [3.63, 3.8) is 0 Å². The van der Waals surface area contributed by atoms with Gasteiger partial charge in [0, 0.05) is 16.8 Å². The Balaban J connectivity index is 1.41. The summed E-state index contributed by atoms with van der Waals surface area (Å²) < 4.78 is 7.44. The van der Waals surface area contributed by atoms with Gasteiger partial charge in [-0.05, 0) is 57.6 Å². The molecule has 0 saturated carbocycles. The summed E-state index contributed by atoms with van der Waals surface area (Å²) in [6, 6.07) is 8.06. The molecule has 5 rings (SSSR count). The highest BCUT2D eigenvalue weighted by Crippen LogP contribution is 2.39. The minimum Gasteiger partial charge on any atom is -0.462 e. The van der Waals surface area contributed by atoms with Gasteiger partial charge in [-0.1, -0.05) is 36.9 Å². The third kappa shape index (κ3) is 4.48. The Hall–Kier alpha value is -2.98. The molecule has 0 fully saturated rings. The van der Waals surface area contributed by atoms with E-state index in [0.717, 1.165) is 59.9 Å². The van der Waals surface area contributed by atoms with Crippen molar-refractivity contribution in [3.8, 4) is 0 Å². The second-order valence-electron chi connectivity index (χ2n) is 8.67. The number of amides is 1. The summed E-state index contributed by atoms with van der Waals surface area (Å²) in [5, 5.41) is 13.5. The number of hydrogen-bond acceptors (Lipinski definition) is 8. The Kier molecular flexibility index (Phi) is 7.25. The van der Waals surface area contributed by atoms with Gasteiger partial charge in [-0.3, -0.25) is 4.79 Å². The number of thioether (sulfide) groups is 1. The fourth-order valence-electron chi connectivity index (χ4n) is 4.77. The first-order valence-electron chi connectivity index (χ1n) is 12.5. The molecule has 1 amide bonds. The van der Waals surface area contributed by atoms with Crippen molar-refractivity contribution in [1.29, 1.82) is 0 Å². The minimum absolute atomic E-state index is 0.175. The molecule has 3 heterocycles. The summed E-state index contributed by atoms with van der Waals surface area (Å²) in [4.78, 5) is 32.1. The van der Waals surface area contributed by atoms with Crippen LogP contribution in [-0.2, 0) is 28.9 Å². The van der Waals surface area contributed by atoms with Crippen molar-refractivity contribution < 1.29 is 14.3 Å². The maximum atomic E-state index is 13.4. The molecule has 3 aromatic heterocycles. The summed E-state index contributed by atoms with van der Waals surface area (Å²) in [6.45, 7) is 6.88. The number of nitrogens with zero attached hydrogens (tertiary/aromatic N) is 4. The number of esters is 1. The van der Waals surface area contributed by atoms with E-state index in [0.29, 0.717) is 28.7 Å². The Labute approximate surface area is 217 Å². The number of nitrogens with one attached hydrogen (secondary N) is 1. The standard InChI is InChI=1S/C26H29N5O3S2/c1-4-18(23(32)28-24-20(25(33)34-6-3)16-12-8-10-14-19(16)35-24)36-26-27-22-21(29-30-26)15-11-7-9-13-17(15)31(22)5-2/h7,9,11,13,18H,4-6,8,10,12,14H2,1-3H3,(H,28,32)/t18-/m0/s1. The molecule has 4 aromatic rings. The third-order valence-corrected chi connectivity index (χ3v) is 8.89. The van der Waals surface area contributed by atoms with Crippen LogP contribution < -0.4 is 5.32 Å². The van der Waals surface area contributed by atoms with Crippen LogP contribution in [0, 0.1) is 0 Å². The summed E-state index contributed by atoms with van der Waals surface area (Å²) in [7, 11) is 0. The van der Waals surface area contributed by atoms with Crippen LogP contribution in [-0.4, -0.2) is 43.5 Å². The quantitative estimate of drug-likeness (QED) is 0.236. The highest BCUT2D eigenvalue weighted by molar-refractivity contribution is 8.00. The van der Waals surface area contributed by atoms with Gasteiger partial charge < -0.3 is 14.6 Å². The maximum Gasteiger partial charge on any atom is 0.341 e. The van der Waals surface area contributed by atoms with E-state index in [-0.39, 0.29) is 11.9 Å². The van der Waals surface area contributed by atoms with Gasteiger partial charge in [0.2, 0.25) is 11.1 Å². The molecule has 188 valence electrons. The van der Waals surface area contributed by atoms with E-state index in [9.17, 15) is 9.59 Å². The van der Waals surface area contributed by atoms with Gasteiger partial charge >= 0.3 is 5.97 Å². The number of para-hydroxylation sites is 1. The predicted molar refractivity (Wildman–Crippen MR) is 144 cm³/mol. The average Bonchev–Trinajstić information content (AvgIpc) is 3.41. The predicted octanol–water partition coefficient (Wildman–Crippen LogP) is 5.63. The van der Waals surface area contributed by atoms with E-state index in [1.807, 2.05) is 25.1 Å². The van der Waals surface area contributed by atoms with Crippen LogP contribution in [0.2, 0.25) is 0 Å². The molecule has 1 N–H and O–H groups in total. The highest BCUT2D eigenvalue weighted by atomic mass is 32.2. The molecule has 1 aliphatic carbocycles. The van der Waals surface area contributed by atoms with Crippen LogP contribution in [0.15, 0.2) is 29.4 Å². The van der Waals surface area contributed by atoms with Crippen molar-refractivity contribution in [2.45, 2.75) is 69.8 Å². The number of aromatic nitrogens is 4. The fourth-order valence-corrected chi connectivity index (χ4v) is 6.87. The Morgan fingerprint density at radius 3 is 2.75 bits per heavy atom. The second kappa shape index (κ2) is 10.6. The van der Waals surface area contributed by atoms with Crippen molar-refractivity contribution in [2.24, 2.45) is 0 Å². The molecular weight excluding hydrogens is 494 g/mol. The number of carbonyl (C=O) groups is 2. The molecule has 8 nitrogen and oxygen atoms in total. The molecule has 1 aliphatic rings. The van der Waals surface area contributed by atoms with Crippen molar-refractivity contribution in [1.82, 2.24) is 19.7 Å². The summed E-state index contributed by atoms with van der Waals surface area (Å²) in [5.74, 6) is -0.537. The number of rotatable bonds is 8. The van der Waals surface area contributed by atoms with Gasteiger partial charge in [0.05, 0.1) is 22.9 Å². The molecule has 0 radical (unpaired) electrons. The summed E-state index contributed by atoms with van der Waals surface area (Å²) >= 11 is 2.80. The van der Waals surface area contributed by atoms with E-state index in [4.69, 9.17) is 9.72 Å². The molecule has 10 heteroatoms. The van der Waals surface area contributed by atoms with Gasteiger partial charge in [-0.15, -0.1) is 21.5 Å². The zero-order valence-electron chi connectivity index (χ0n) is 20.7. The number of hydrogen-bond donors (Lipinski definition) is 1. The molecule has 1 aromatic carbocycles. The Bertz CT molecular complexity index is 1440. The number of benzene rings is 1. The fraction of sp³-hybridized carbons (Fsp3) is 0.423. The lowest BCUT2D eigenvalue weighted by Gasteiger charge is -2.14. The third-order valence-electron chi connectivity index (χ3n) is 6.47. The average molecular weight is 524 g/mol. The minimum atomic E-state index is -0.433. The van der Waals surface area contributed by atoms with Crippen LogP contribution in [0.3, 0.4) is 0 Å². The van der Waals surface area contributed by atoms with E-state index >= 15 is 0 Å². The number of anilines is 1. The number of ether oxygens (including phenoxy) is 1. The molecule has 1 atom stereocenters. The zero-order chi connectivity index (χ0) is 25.2. The van der Waals surface area contributed by atoms with Crippen LogP contribution in [0.5, 0.6) is 0 Å². The SMILES string of the molecule is CCOC(=O)c1c(NC(=O)[C@H](CC)Sc2nnc3c4ccccc4n(CC)c3n2)sc2c1CCCC2. The lowest BCUT2D eigenvalue weighted by atomic mass is 9.95. The van der Waals surface area contributed by atoms with Crippen molar-refractivity contribution >= 4 is 62.0 Å². The normalized spacial score (nSPS) is 14.1. The number of carbonyl (C=O) groups excluding carboxylic acids is 2. The van der Waals surface area contributed by atoms with Gasteiger partial charge in [0.25, 0.3) is 0 Å². The molecular formula is C26H29N5O3S2. The second-order valence-corrected chi connectivity index (χ2v) is 10.9. The monoisotopic (exact) mass is 523 g/mol. The molecule has 0 saturated heterocycles. The lowest BCUT2D eigenvalue weighted by molar-refractivity contribution is -0.115. The molecule has 0 spiro atoms. The van der Waals surface area contributed by atoms with Gasteiger partial charge in [-0.2, -0.15) is 0 Å². The summed E-state index contributed by atoms with van der Waals surface area (Å²) in [6.07, 6.45) is 4.48. The van der Waals surface area contributed by atoms with Gasteiger partial charge in [0.15, 0.2) is 5.65 Å². The molecule has 36 heavy (non-hydrogen) atoms. The number of thiophene rings is 1. The zero-order valence-corrected chi connectivity index (χ0v) is 22.3. The van der Waals surface area contributed by atoms with Crippen LogP contribution in [0.25, 0.3) is 22.1 Å². The Morgan fingerprint density at radius 2 is 1.97 bits per heavy atom. The Morgan fingerprint density at radius 1 is 1.17 bits per heavy atom. The number of aryl methyl sites for hydroxylation is 2. The van der Waals surface area contributed by atoms with Crippen LogP contribution >= 0.6 is 23.1 Å². The lowest BCUT2D eigenvalue weighted by Crippen LogP contribution is -2.25. The van der Waals surface area contributed by atoms with Crippen molar-refractivity contribution in [2.75, 3.05) is 11.9 Å². The van der Waals surface area contributed by atoms with Crippen LogP contribution in [0.4, 0.5) is 5.00 Å². The van der Waals surface area contributed by atoms with Crippen LogP contribution in [0.1, 0.15) is 60.8 Å². The molecule has 0 aliphatic heterocycles. The van der Waals surface area contributed by atoms with Gasteiger partial charge in [0.1, 0.15) is 10.5 Å². The highest BCUT2D eigenvalue weighted by Gasteiger charge is 2.29. The van der Waals surface area contributed by atoms with Gasteiger partial charge in [-0.25, -0.2) is 9.78 Å². The molecule has 0 bridgehead atoms. The smallest absolute Gasteiger partial charge is 0.341 e. The van der Waals surface area contributed by atoms with E-state index in [1.165, 1.54) is 28.0 Å². The molecule has 0 unspecified atom stereocenters.